The molecule has 0 bridgehead atoms. The Kier molecular flexibility index (Phi) is 2.61. The first-order valence-electron chi connectivity index (χ1n) is 16.6. The van der Waals surface area contributed by atoms with E-state index in [4.69, 9.17) is 23.7 Å². The van der Waals surface area contributed by atoms with Gasteiger partial charge in [0, 0.05) is 55.3 Å². The van der Waals surface area contributed by atoms with Gasteiger partial charge >= 0.3 is 0 Å². The Bertz CT molecular complexity index is 1780. The van der Waals surface area contributed by atoms with Crippen molar-refractivity contribution >= 4 is 11.0 Å². The molecule has 4 heterocycles. The number of likely N-dealkylation sites (tertiary alicyclic amines) is 1. The zero-order chi connectivity index (χ0) is 34.0. The summed E-state index contributed by atoms with van der Waals surface area (Å²) in [5.74, 6) is -2.97. The minimum atomic E-state index is -3.70. The summed E-state index contributed by atoms with van der Waals surface area (Å²) in [6, 6.07) is -2.07. The van der Waals surface area contributed by atoms with Crippen LogP contribution < -0.4 is 5.56 Å². The van der Waals surface area contributed by atoms with E-state index in [0.717, 1.165) is 11.8 Å². The van der Waals surface area contributed by atoms with Gasteiger partial charge in [-0.1, -0.05) is 5.16 Å². The zero-order valence-electron chi connectivity index (χ0n) is 30.3. The molecular weight excluding hydrogens is 399 g/mol. The first kappa shape index (κ1) is 9.92. The first-order chi connectivity index (χ1) is 20.4. The molecule has 1 N–H and O–H groups in total. The second-order valence-corrected chi connectivity index (χ2v) is 7.21. The monoisotopic (exact) mass is 440 g/mol. The highest BCUT2D eigenvalue weighted by molar-refractivity contribution is 5.79. The number of rotatable bonds is 4. The van der Waals surface area contributed by atoms with Crippen LogP contribution in [0, 0.1) is 12.7 Å². The average Bonchev–Trinajstić information content (AvgIpc) is 3.39. The summed E-state index contributed by atoms with van der Waals surface area (Å²) < 4.78 is 135. The molecule has 1 unspecified atom stereocenters. The normalized spacial score (nSPS) is 35.1. The number of benzene rings is 1. The fourth-order valence-corrected chi connectivity index (χ4v) is 3.67. The maximum atomic E-state index is 14.1. The zero-order valence-corrected chi connectivity index (χ0v) is 16.3. The predicted octanol–water partition coefficient (Wildman–Crippen LogP) is 3.08. The number of nitrogens with zero attached hydrogens (tertiary/aromatic N) is 4. The highest BCUT2D eigenvalue weighted by Crippen LogP contribution is 2.32. The van der Waals surface area contributed by atoms with Gasteiger partial charge in [-0.3, -0.25) is 9.36 Å². The lowest BCUT2D eigenvalue weighted by molar-refractivity contribution is 0.129. The van der Waals surface area contributed by atoms with Crippen LogP contribution in [0.2, 0.25) is 0 Å². The summed E-state index contributed by atoms with van der Waals surface area (Å²) in [7, 11) is 0. The highest BCUT2D eigenvalue weighted by atomic mass is 19.1. The van der Waals surface area contributed by atoms with E-state index in [1.54, 1.807) is 0 Å². The molecule has 0 amide bonds. The second-order valence-electron chi connectivity index (χ2n) is 7.21. The number of aromatic nitrogens is 3. The summed E-state index contributed by atoms with van der Waals surface area (Å²) in [5.41, 5.74) is -3.39. The average molecular weight is 441 g/mol. The van der Waals surface area contributed by atoms with Gasteiger partial charge in [-0.2, -0.15) is 0 Å². The van der Waals surface area contributed by atoms with Gasteiger partial charge in [-0.15, -0.1) is 0 Å². The lowest BCUT2D eigenvalue weighted by Gasteiger charge is -2.31. The van der Waals surface area contributed by atoms with E-state index in [-0.39, 0.29) is 47.2 Å². The molecular formula is C23H27FN4O3. The van der Waals surface area contributed by atoms with Crippen molar-refractivity contribution in [2.24, 2.45) is 0 Å². The third kappa shape index (κ3) is 3.78. The van der Waals surface area contributed by atoms with Crippen LogP contribution in [0.15, 0.2) is 27.4 Å². The van der Waals surface area contributed by atoms with Crippen molar-refractivity contribution in [3.63, 3.8) is 0 Å². The quantitative estimate of drug-likeness (QED) is 0.671. The Labute approximate surface area is 199 Å². The Morgan fingerprint density at radius 1 is 1.45 bits per heavy atom. The van der Waals surface area contributed by atoms with Gasteiger partial charge in [-0.25, -0.2) is 9.37 Å². The Morgan fingerprint density at radius 3 is 3.06 bits per heavy atom. The molecule has 5 rings (SSSR count). The van der Waals surface area contributed by atoms with Crippen LogP contribution in [-0.4, -0.2) is 44.3 Å². The van der Waals surface area contributed by atoms with E-state index in [1.807, 2.05) is 0 Å². The highest BCUT2D eigenvalue weighted by Gasteiger charge is 2.26. The van der Waals surface area contributed by atoms with Gasteiger partial charge in [0.15, 0.2) is 5.58 Å². The molecule has 1 saturated heterocycles. The fourth-order valence-electron chi connectivity index (χ4n) is 3.67. The van der Waals surface area contributed by atoms with E-state index in [1.165, 1.54) is 0 Å². The summed E-state index contributed by atoms with van der Waals surface area (Å²) in [6.45, 7) is -5.86. The molecule has 8 heteroatoms. The summed E-state index contributed by atoms with van der Waals surface area (Å²) >= 11 is 0. The number of aliphatic hydroxyl groups is 1. The second kappa shape index (κ2) is 8.16. The van der Waals surface area contributed by atoms with Crippen molar-refractivity contribution < 1.29 is 33.2 Å². The maximum Gasteiger partial charge on any atom is 0.257 e. The molecule has 3 aromatic rings. The van der Waals surface area contributed by atoms with Crippen molar-refractivity contribution in [1.82, 2.24) is 19.6 Å². The molecule has 1 fully saturated rings. The minimum Gasteiger partial charge on any atom is -0.385 e. The SMILES string of the molecule is [2H]c1c(F)c([2H])c2onc(C3CCN(C([2H])([2H])C([2H])([2H])c4c(C)nc5n(c4=O)C([2H])([2H])C([2H])([2H])C([2H])([2H])C5([2H])O)CC3)c2c1[2H]. The lowest BCUT2D eigenvalue weighted by atomic mass is 9.91. The molecule has 0 saturated carbocycles. The lowest BCUT2D eigenvalue weighted by Crippen LogP contribution is -2.37. The van der Waals surface area contributed by atoms with Gasteiger partial charge in [-0.05, 0) is 64.1 Å². The Hall–Kier alpha value is -2.58. The molecule has 2 aromatic heterocycles. The van der Waals surface area contributed by atoms with Crippen LogP contribution in [0.4, 0.5) is 4.39 Å². The number of fused-ring (bicyclic) bond motifs is 2. The Balaban J connectivity index is 1.52. The van der Waals surface area contributed by atoms with Crippen molar-refractivity contribution in [2.45, 2.75) is 57.4 Å². The smallest absolute Gasteiger partial charge is 0.257 e. The summed E-state index contributed by atoms with van der Waals surface area (Å²) in [5, 5.41) is 14.5. The molecule has 2 aliphatic heterocycles. The number of aryl methyl sites for hydroxylation is 1. The van der Waals surface area contributed by atoms with Crippen LogP contribution >= 0.6 is 0 Å². The summed E-state index contributed by atoms with van der Waals surface area (Å²) in [6.07, 6.45) is -14.0. The minimum absolute atomic E-state index is 0.0279. The molecule has 0 radical (unpaired) electrons. The molecule has 1 aromatic carbocycles. The molecule has 0 aliphatic carbocycles. The van der Waals surface area contributed by atoms with Crippen LogP contribution in [-0.2, 0) is 12.9 Å². The number of hydrogen-bond acceptors (Lipinski definition) is 6. The number of halogens is 1. The van der Waals surface area contributed by atoms with E-state index in [2.05, 4.69) is 10.1 Å². The van der Waals surface area contributed by atoms with Crippen LogP contribution in [0.5, 0.6) is 0 Å². The largest absolute Gasteiger partial charge is 0.385 e. The third-order valence-electron chi connectivity index (χ3n) is 5.28. The van der Waals surface area contributed by atoms with Crippen molar-refractivity contribution in [1.29, 1.82) is 0 Å². The van der Waals surface area contributed by atoms with E-state index in [0.29, 0.717) is 0 Å². The topological polar surface area (TPSA) is 84.4 Å². The first-order valence-corrected chi connectivity index (χ1v) is 9.56. The van der Waals surface area contributed by atoms with Crippen molar-refractivity contribution in [2.75, 3.05) is 19.6 Å². The van der Waals surface area contributed by atoms with E-state index < -0.39 is 90.7 Å². The molecule has 1 atom stereocenters. The standard InChI is InChI=1S/C23H27FN4O3/c1-14-17(23(30)28-9-2-3-19(29)22(28)25-14)8-12-27-10-6-15(7-11-27)21-18-5-4-16(24)13-20(18)31-26-21/h4-5,13,15,19,29H,2-3,6-12H2,1H3/i2D2,3D2,4D,5D,8D2,9D2,12D2,13D,19D. The van der Waals surface area contributed by atoms with Crippen LogP contribution in [0.3, 0.4) is 0 Å². The predicted molar refractivity (Wildman–Crippen MR) is 114 cm³/mol. The van der Waals surface area contributed by atoms with E-state index in [9.17, 15) is 14.3 Å². The Morgan fingerprint density at radius 2 is 2.26 bits per heavy atom. The van der Waals surface area contributed by atoms with E-state index >= 15 is 0 Å². The third-order valence-corrected chi connectivity index (χ3v) is 5.28. The van der Waals surface area contributed by atoms with Crippen molar-refractivity contribution in [3.8, 4) is 0 Å². The fraction of sp³-hybridized carbons (Fsp3) is 0.522. The molecule has 7 nitrogen and oxygen atoms in total. The maximum absolute atomic E-state index is 14.1. The van der Waals surface area contributed by atoms with Gasteiger partial charge < -0.3 is 14.5 Å². The van der Waals surface area contributed by atoms with Gasteiger partial charge in [0.2, 0.25) is 0 Å². The van der Waals surface area contributed by atoms with Gasteiger partial charge in [0.1, 0.15) is 17.7 Å². The van der Waals surface area contributed by atoms with Crippen LogP contribution in [0.1, 0.15) is 79.6 Å². The van der Waals surface area contributed by atoms with Gasteiger partial charge in [0.05, 0.1) is 11.2 Å². The summed E-state index contributed by atoms with van der Waals surface area (Å²) in [4.78, 5) is 18.6. The molecule has 0 spiro atoms. The molecule has 164 valence electrons. The molecule has 31 heavy (non-hydrogen) atoms. The molecule has 2 aliphatic rings. The van der Waals surface area contributed by atoms with Crippen molar-refractivity contribution in [3.05, 3.63) is 57.1 Å². The number of hydrogen-bond donors (Lipinski definition) is 1. The van der Waals surface area contributed by atoms with Crippen LogP contribution in [0.25, 0.3) is 11.0 Å². The number of piperidine rings is 1. The van der Waals surface area contributed by atoms with Gasteiger partial charge in [0.25, 0.3) is 5.56 Å².